The third-order valence-electron chi connectivity index (χ3n) is 3.43. The van der Waals surface area contributed by atoms with E-state index in [1.807, 2.05) is 25.1 Å². The van der Waals surface area contributed by atoms with Gasteiger partial charge >= 0.3 is 0 Å². The van der Waals surface area contributed by atoms with Crippen LogP contribution < -0.4 is 11.1 Å². The third-order valence-corrected chi connectivity index (χ3v) is 4.17. The highest BCUT2D eigenvalue weighted by molar-refractivity contribution is 7.98. The van der Waals surface area contributed by atoms with E-state index in [2.05, 4.69) is 57.9 Å². The number of hydrogen-bond donors (Lipinski definition) is 2. The maximum absolute atomic E-state index is 5.70. The van der Waals surface area contributed by atoms with Crippen molar-refractivity contribution >= 4 is 29.2 Å². The van der Waals surface area contributed by atoms with Gasteiger partial charge in [0.2, 0.25) is 5.95 Å². The number of nitrogens with one attached hydrogen (secondary N) is 1. The molecule has 0 aliphatic carbocycles. The van der Waals surface area contributed by atoms with Crippen LogP contribution in [0.15, 0.2) is 59.5 Å². The normalized spacial score (nSPS) is 10.5. The lowest BCUT2D eigenvalue weighted by Crippen LogP contribution is -2.01. The largest absolute Gasteiger partial charge is 0.368 e. The van der Waals surface area contributed by atoms with Gasteiger partial charge in [-0.3, -0.25) is 0 Å². The Morgan fingerprint density at radius 2 is 1.74 bits per heavy atom. The van der Waals surface area contributed by atoms with Crippen molar-refractivity contribution in [3.63, 3.8) is 0 Å². The summed E-state index contributed by atoms with van der Waals surface area (Å²) in [6.45, 7) is 1.90. The van der Waals surface area contributed by atoms with E-state index in [1.54, 1.807) is 11.8 Å². The summed E-state index contributed by atoms with van der Waals surface area (Å²) in [5.74, 6) is 0.973. The predicted octanol–water partition coefficient (Wildman–Crippen LogP) is 4.50. The summed E-state index contributed by atoms with van der Waals surface area (Å²) >= 11 is 1.74. The number of nitrogen functional groups attached to an aromatic ring is 1. The second kappa shape index (κ2) is 6.71. The molecule has 3 rings (SSSR count). The highest BCUT2D eigenvalue weighted by Gasteiger charge is 2.03. The van der Waals surface area contributed by atoms with Gasteiger partial charge in [0, 0.05) is 22.3 Å². The van der Waals surface area contributed by atoms with E-state index in [1.165, 1.54) is 10.5 Å². The van der Waals surface area contributed by atoms with Crippen molar-refractivity contribution in [1.82, 2.24) is 9.97 Å². The predicted molar refractivity (Wildman–Crippen MR) is 98.1 cm³/mol. The van der Waals surface area contributed by atoms with Crippen LogP contribution in [0.4, 0.5) is 17.5 Å². The lowest BCUT2D eigenvalue weighted by atomic mass is 10.1. The molecule has 116 valence electrons. The minimum atomic E-state index is 0.274. The molecule has 0 aliphatic heterocycles. The SMILES string of the molecule is CSc1ccc(-c2cccc(Nc3cc(C)nc(N)n3)c2)cc1. The molecule has 0 aliphatic rings. The van der Waals surface area contributed by atoms with Gasteiger partial charge in [0.1, 0.15) is 5.82 Å². The van der Waals surface area contributed by atoms with Crippen LogP contribution in [-0.4, -0.2) is 16.2 Å². The molecule has 0 atom stereocenters. The minimum absolute atomic E-state index is 0.274. The van der Waals surface area contributed by atoms with Crippen LogP contribution in [0.1, 0.15) is 5.69 Å². The van der Waals surface area contributed by atoms with Crippen molar-refractivity contribution in [2.24, 2.45) is 0 Å². The Morgan fingerprint density at radius 3 is 2.43 bits per heavy atom. The number of thioether (sulfide) groups is 1. The molecular weight excluding hydrogens is 304 g/mol. The Morgan fingerprint density at radius 1 is 0.957 bits per heavy atom. The minimum Gasteiger partial charge on any atom is -0.368 e. The van der Waals surface area contributed by atoms with Gasteiger partial charge in [-0.25, -0.2) is 4.98 Å². The number of aryl methyl sites for hydroxylation is 1. The van der Waals surface area contributed by atoms with Crippen molar-refractivity contribution < 1.29 is 0 Å². The molecule has 2 aromatic carbocycles. The lowest BCUT2D eigenvalue weighted by Gasteiger charge is -2.09. The highest BCUT2D eigenvalue weighted by Crippen LogP contribution is 2.26. The van der Waals surface area contributed by atoms with Gasteiger partial charge in [-0.2, -0.15) is 4.98 Å². The van der Waals surface area contributed by atoms with E-state index in [9.17, 15) is 0 Å². The number of benzene rings is 2. The number of hydrogen-bond acceptors (Lipinski definition) is 5. The average Bonchev–Trinajstić information content (AvgIpc) is 2.54. The maximum atomic E-state index is 5.70. The second-order valence-corrected chi connectivity index (χ2v) is 6.07. The van der Waals surface area contributed by atoms with Gasteiger partial charge in [-0.1, -0.05) is 24.3 Å². The van der Waals surface area contributed by atoms with Crippen molar-refractivity contribution in [2.75, 3.05) is 17.3 Å². The molecule has 4 nitrogen and oxygen atoms in total. The molecule has 23 heavy (non-hydrogen) atoms. The Kier molecular flexibility index (Phi) is 4.48. The lowest BCUT2D eigenvalue weighted by molar-refractivity contribution is 1.12. The second-order valence-electron chi connectivity index (χ2n) is 5.19. The summed E-state index contributed by atoms with van der Waals surface area (Å²) in [7, 11) is 0. The van der Waals surface area contributed by atoms with Gasteiger partial charge in [0.05, 0.1) is 0 Å². The molecule has 0 spiro atoms. The van der Waals surface area contributed by atoms with E-state index in [4.69, 9.17) is 5.73 Å². The first-order chi connectivity index (χ1) is 11.1. The monoisotopic (exact) mass is 322 g/mol. The van der Waals surface area contributed by atoms with Crippen LogP contribution in [0.5, 0.6) is 0 Å². The van der Waals surface area contributed by atoms with E-state index >= 15 is 0 Å². The van der Waals surface area contributed by atoms with Crippen LogP contribution in [0.25, 0.3) is 11.1 Å². The quantitative estimate of drug-likeness (QED) is 0.692. The molecule has 0 unspecified atom stereocenters. The van der Waals surface area contributed by atoms with Crippen LogP contribution >= 0.6 is 11.8 Å². The fourth-order valence-corrected chi connectivity index (χ4v) is 2.77. The fraction of sp³-hybridized carbons (Fsp3) is 0.111. The molecule has 1 aromatic heterocycles. The van der Waals surface area contributed by atoms with Crippen molar-refractivity contribution in [1.29, 1.82) is 0 Å². The molecular formula is C18H18N4S. The molecule has 0 fully saturated rings. The molecule has 1 heterocycles. The van der Waals surface area contributed by atoms with Crippen molar-refractivity contribution in [2.45, 2.75) is 11.8 Å². The van der Waals surface area contributed by atoms with Gasteiger partial charge < -0.3 is 11.1 Å². The van der Waals surface area contributed by atoms with Gasteiger partial charge in [0.15, 0.2) is 0 Å². The summed E-state index contributed by atoms with van der Waals surface area (Å²) in [5.41, 5.74) is 9.84. The molecule has 0 bridgehead atoms. The summed E-state index contributed by atoms with van der Waals surface area (Å²) in [5, 5.41) is 3.28. The number of nitrogens with zero attached hydrogens (tertiary/aromatic N) is 2. The molecule has 3 N–H and O–H groups in total. The first-order valence-electron chi connectivity index (χ1n) is 7.27. The zero-order valence-corrected chi connectivity index (χ0v) is 13.9. The number of aromatic nitrogens is 2. The Hall–Kier alpha value is -2.53. The highest BCUT2D eigenvalue weighted by atomic mass is 32.2. The molecule has 3 aromatic rings. The summed E-state index contributed by atoms with van der Waals surface area (Å²) in [6, 6.07) is 18.6. The van der Waals surface area contributed by atoms with Gasteiger partial charge in [-0.15, -0.1) is 11.8 Å². The van der Waals surface area contributed by atoms with E-state index in [-0.39, 0.29) is 5.95 Å². The third kappa shape index (κ3) is 3.81. The number of nitrogens with two attached hydrogens (primary N) is 1. The maximum Gasteiger partial charge on any atom is 0.222 e. The fourth-order valence-electron chi connectivity index (χ4n) is 2.36. The van der Waals surface area contributed by atoms with E-state index in [0.717, 1.165) is 16.9 Å². The number of rotatable bonds is 4. The molecule has 0 radical (unpaired) electrons. The first kappa shape index (κ1) is 15.4. The summed E-state index contributed by atoms with van der Waals surface area (Å²) in [6.07, 6.45) is 2.08. The van der Waals surface area contributed by atoms with E-state index in [0.29, 0.717) is 5.82 Å². The summed E-state index contributed by atoms with van der Waals surface area (Å²) < 4.78 is 0. The molecule has 0 saturated heterocycles. The molecule has 0 amide bonds. The van der Waals surface area contributed by atoms with Crippen LogP contribution in [-0.2, 0) is 0 Å². The van der Waals surface area contributed by atoms with E-state index < -0.39 is 0 Å². The Balaban J connectivity index is 1.86. The standard InChI is InChI=1S/C18H18N4S/c1-12-10-17(22-18(19)20-12)21-15-5-3-4-14(11-15)13-6-8-16(23-2)9-7-13/h3-11H,1-2H3,(H3,19,20,21,22). The van der Waals surface area contributed by atoms with Crippen molar-refractivity contribution in [3.05, 3.63) is 60.3 Å². The smallest absolute Gasteiger partial charge is 0.222 e. The topological polar surface area (TPSA) is 63.8 Å². The van der Waals surface area contributed by atoms with Gasteiger partial charge in [0.25, 0.3) is 0 Å². The first-order valence-corrected chi connectivity index (χ1v) is 8.49. The van der Waals surface area contributed by atoms with Gasteiger partial charge in [-0.05, 0) is 48.6 Å². The van der Waals surface area contributed by atoms with Crippen molar-refractivity contribution in [3.8, 4) is 11.1 Å². The Bertz CT molecular complexity index is 795. The van der Waals surface area contributed by atoms with Crippen LogP contribution in [0.2, 0.25) is 0 Å². The zero-order valence-electron chi connectivity index (χ0n) is 13.1. The Labute approximate surface area is 140 Å². The zero-order chi connectivity index (χ0) is 16.2. The average molecular weight is 322 g/mol. The van der Waals surface area contributed by atoms with Crippen LogP contribution in [0.3, 0.4) is 0 Å². The molecule has 5 heteroatoms. The number of anilines is 3. The van der Waals surface area contributed by atoms with Crippen LogP contribution in [0, 0.1) is 6.92 Å². The summed E-state index contributed by atoms with van der Waals surface area (Å²) in [4.78, 5) is 9.55. The molecule has 0 saturated carbocycles.